The molecule has 2 N–H and O–H groups in total. The summed E-state index contributed by atoms with van der Waals surface area (Å²) < 4.78 is 10.5. The van der Waals surface area contributed by atoms with Gasteiger partial charge in [0.1, 0.15) is 0 Å². The zero-order valence-corrected chi connectivity index (χ0v) is 11.3. The minimum Gasteiger partial charge on any atom is -0.385 e. The number of hydrogen-bond donors (Lipinski definition) is 1. The van der Waals surface area contributed by atoms with Crippen LogP contribution in [0.3, 0.4) is 0 Å². The van der Waals surface area contributed by atoms with Crippen molar-refractivity contribution in [3.05, 3.63) is 0 Å². The topological polar surface area (TPSA) is 44.5 Å². The van der Waals surface area contributed by atoms with E-state index >= 15 is 0 Å². The average Bonchev–Trinajstić information content (AvgIpc) is 2.31. The second kappa shape index (κ2) is 10.1. The molecule has 1 atom stereocenters. The first kappa shape index (κ1) is 15.9. The van der Waals surface area contributed by atoms with E-state index in [1.54, 1.807) is 7.11 Å². The number of ether oxygens (including phenoxy) is 2. The van der Waals surface area contributed by atoms with Crippen molar-refractivity contribution in [3.8, 4) is 0 Å². The summed E-state index contributed by atoms with van der Waals surface area (Å²) in [6.45, 7) is 6.70. The molecule has 0 amide bonds. The van der Waals surface area contributed by atoms with E-state index in [1.807, 2.05) is 0 Å². The van der Waals surface area contributed by atoms with Crippen LogP contribution in [0.2, 0.25) is 0 Å². The maximum atomic E-state index is 6.32. The summed E-state index contributed by atoms with van der Waals surface area (Å²) in [5, 5.41) is 0. The fourth-order valence-electron chi connectivity index (χ4n) is 1.69. The first-order chi connectivity index (χ1) is 7.68. The molecule has 98 valence electrons. The largest absolute Gasteiger partial charge is 0.385 e. The number of unbranched alkanes of at least 4 members (excludes halogenated alkanes) is 1. The number of rotatable bonds is 11. The Morgan fingerprint density at radius 1 is 1.00 bits per heavy atom. The third-order valence-corrected chi connectivity index (χ3v) is 3.11. The lowest BCUT2D eigenvalue weighted by Gasteiger charge is -2.28. The minimum absolute atomic E-state index is 0.0166. The van der Waals surface area contributed by atoms with Gasteiger partial charge in [-0.1, -0.05) is 26.7 Å². The standard InChI is InChI=1S/C13H29NO2/c1-4-6-8-13(14,5-2)9-12-16-11-7-10-15-3/h4-12,14H2,1-3H3. The maximum Gasteiger partial charge on any atom is 0.0487 e. The average molecular weight is 231 g/mol. The third-order valence-electron chi connectivity index (χ3n) is 3.11. The van der Waals surface area contributed by atoms with Crippen LogP contribution in [0.4, 0.5) is 0 Å². The zero-order chi connectivity index (χ0) is 12.3. The molecule has 0 spiro atoms. The van der Waals surface area contributed by atoms with Crippen molar-refractivity contribution in [2.75, 3.05) is 26.9 Å². The fraction of sp³-hybridized carbons (Fsp3) is 1.00. The van der Waals surface area contributed by atoms with Crippen LogP contribution in [0.25, 0.3) is 0 Å². The number of methoxy groups -OCH3 is 1. The summed E-state index contributed by atoms with van der Waals surface area (Å²) in [6.07, 6.45) is 6.52. The van der Waals surface area contributed by atoms with Crippen molar-refractivity contribution in [2.45, 2.75) is 57.9 Å². The molecule has 0 aliphatic carbocycles. The van der Waals surface area contributed by atoms with Crippen molar-refractivity contribution in [2.24, 2.45) is 5.73 Å². The van der Waals surface area contributed by atoms with E-state index in [1.165, 1.54) is 12.8 Å². The molecular formula is C13H29NO2. The van der Waals surface area contributed by atoms with Gasteiger partial charge in [-0.15, -0.1) is 0 Å². The Morgan fingerprint density at radius 2 is 1.75 bits per heavy atom. The van der Waals surface area contributed by atoms with Crippen molar-refractivity contribution in [1.29, 1.82) is 0 Å². The van der Waals surface area contributed by atoms with E-state index in [2.05, 4.69) is 13.8 Å². The Morgan fingerprint density at radius 3 is 2.31 bits per heavy atom. The van der Waals surface area contributed by atoms with Crippen LogP contribution >= 0.6 is 0 Å². The molecule has 3 heteroatoms. The van der Waals surface area contributed by atoms with Gasteiger partial charge in [-0.2, -0.15) is 0 Å². The van der Waals surface area contributed by atoms with E-state index in [0.717, 1.165) is 45.5 Å². The summed E-state index contributed by atoms with van der Waals surface area (Å²) in [5.74, 6) is 0. The first-order valence-electron chi connectivity index (χ1n) is 6.54. The Bertz CT molecular complexity index is 153. The van der Waals surface area contributed by atoms with Crippen molar-refractivity contribution in [1.82, 2.24) is 0 Å². The molecule has 0 aliphatic rings. The third kappa shape index (κ3) is 8.08. The SMILES string of the molecule is CCCCC(N)(CC)CCOCCCOC. The van der Waals surface area contributed by atoms with Crippen LogP contribution in [-0.2, 0) is 9.47 Å². The van der Waals surface area contributed by atoms with E-state index < -0.39 is 0 Å². The van der Waals surface area contributed by atoms with Gasteiger partial charge < -0.3 is 15.2 Å². The highest BCUT2D eigenvalue weighted by atomic mass is 16.5. The van der Waals surface area contributed by atoms with Crippen LogP contribution < -0.4 is 5.73 Å². The highest BCUT2D eigenvalue weighted by Crippen LogP contribution is 2.19. The molecule has 16 heavy (non-hydrogen) atoms. The second-order valence-electron chi connectivity index (χ2n) is 4.53. The van der Waals surface area contributed by atoms with Gasteiger partial charge in [0.2, 0.25) is 0 Å². The van der Waals surface area contributed by atoms with E-state index in [-0.39, 0.29) is 5.54 Å². The summed E-state index contributed by atoms with van der Waals surface area (Å²) in [7, 11) is 1.72. The molecule has 3 nitrogen and oxygen atoms in total. The lowest BCUT2D eigenvalue weighted by Crippen LogP contribution is -2.40. The van der Waals surface area contributed by atoms with Crippen LogP contribution in [0.15, 0.2) is 0 Å². The molecular weight excluding hydrogens is 202 g/mol. The van der Waals surface area contributed by atoms with Gasteiger partial charge in [0.05, 0.1) is 0 Å². The molecule has 0 aromatic carbocycles. The zero-order valence-electron chi connectivity index (χ0n) is 11.3. The quantitative estimate of drug-likeness (QED) is 0.556. The molecule has 0 bridgehead atoms. The van der Waals surface area contributed by atoms with Gasteiger partial charge in [0, 0.05) is 32.5 Å². The summed E-state index contributed by atoms with van der Waals surface area (Å²) >= 11 is 0. The Balaban J connectivity index is 3.53. The van der Waals surface area contributed by atoms with Crippen molar-refractivity contribution >= 4 is 0 Å². The lowest BCUT2D eigenvalue weighted by molar-refractivity contribution is 0.0879. The Kier molecular flexibility index (Phi) is 9.99. The minimum atomic E-state index is -0.0166. The van der Waals surface area contributed by atoms with Gasteiger partial charge in [-0.05, 0) is 25.7 Å². The number of nitrogens with two attached hydrogens (primary N) is 1. The van der Waals surface area contributed by atoms with E-state index in [9.17, 15) is 0 Å². The second-order valence-corrected chi connectivity index (χ2v) is 4.53. The predicted molar refractivity (Wildman–Crippen MR) is 68.7 cm³/mol. The predicted octanol–water partition coefficient (Wildman–Crippen LogP) is 2.73. The van der Waals surface area contributed by atoms with Gasteiger partial charge >= 0.3 is 0 Å². The molecule has 0 aliphatic heterocycles. The van der Waals surface area contributed by atoms with E-state index in [0.29, 0.717) is 0 Å². The van der Waals surface area contributed by atoms with Crippen LogP contribution in [0.1, 0.15) is 52.4 Å². The monoisotopic (exact) mass is 231 g/mol. The molecule has 0 rings (SSSR count). The summed E-state index contributed by atoms with van der Waals surface area (Å²) in [5.41, 5.74) is 6.30. The summed E-state index contributed by atoms with van der Waals surface area (Å²) in [4.78, 5) is 0. The molecule has 0 aromatic heterocycles. The summed E-state index contributed by atoms with van der Waals surface area (Å²) in [6, 6.07) is 0. The highest BCUT2D eigenvalue weighted by Gasteiger charge is 2.21. The molecule has 1 unspecified atom stereocenters. The molecule has 0 saturated carbocycles. The van der Waals surface area contributed by atoms with Gasteiger partial charge in [0.15, 0.2) is 0 Å². The molecule has 0 aromatic rings. The fourth-order valence-corrected chi connectivity index (χ4v) is 1.69. The molecule has 0 saturated heterocycles. The van der Waals surface area contributed by atoms with Crippen LogP contribution in [0.5, 0.6) is 0 Å². The van der Waals surface area contributed by atoms with Crippen LogP contribution in [-0.4, -0.2) is 32.5 Å². The first-order valence-corrected chi connectivity index (χ1v) is 6.54. The lowest BCUT2D eigenvalue weighted by atomic mass is 9.88. The Labute approximate surface area is 101 Å². The normalized spacial score (nSPS) is 15.0. The molecule has 0 radical (unpaired) electrons. The Hall–Kier alpha value is -0.120. The number of hydrogen-bond acceptors (Lipinski definition) is 3. The van der Waals surface area contributed by atoms with Gasteiger partial charge in [-0.25, -0.2) is 0 Å². The van der Waals surface area contributed by atoms with E-state index in [4.69, 9.17) is 15.2 Å². The van der Waals surface area contributed by atoms with Crippen LogP contribution in [0, 0.1) is 0 Å². The molecule has 0 heterocycles. The molecule has 0 fully saturated rings. The van der Waals surface area contributed by atoms with Crippen molar-refractivity contribution < 1.29 is 9.47 Å². The smallest absolute Gasteiger partial charge is 0.0487 e. The van der Waals surface area contributed by atoms with Crippen molar-refractivity contribution in [3.63, 3.8) is 0 Å². The van der Waals surface area contributed by atoms with Gasteiger partial charge in [-0.3, -0.25) is 0 Å². The van der Waals surface area contributed by atoms with Gasteiger partial charge in [0.25, 0.3) is 0 Å². The maximum absolute atomic E-state index is 6.32. The highest BCUT2D eigenvalue weighted by molar-refractivity contribution is 4.81.